The summed E-state index contributed by atoms with van der Waals surface area (Å²) >= 11 is 0. The average molecular weight is 278 g/mol. The summed E-state index contributed by atoms with van der Waals surface area (Å²) in [5.74, 6) is -2.20. The van der Waals surface area contributed by atoms with Gasteiger partial charge in [-0.15, -0.1) is 0 Å². The van der Waals surface area contributed by atoms with E-state index in [0.717, 1.165) is 10.4 Å². The molecular weight excluding hydrogens is 266 g/mol. The van der Waals surface area contributed by atoms with Gasteiger partial charge in [0.05, 0.1) is 11.8 Å². The Morgan fingerprint density at radius 3 is 2.56 bits per heavy atom. The number of β-amino-alcohol motifs (C(OH)–C–C–N with tert-alkyl or cyclic N) is 1. The average Bonchev–Trinajstić information content (AvgIpc) is 2.70. The summed E-state index contributed by atoms with van der Waals surface area (Å²) in [6, 6.07) is 1.19. The van der Waals surface area contributed by atoms with Crippen molar-refractivity contribution in [1.82, 2.24) is 4.31 Å². The third-order valence-corrected chi connectivity index (χ3v) is 4.68. The van der Waals surface area contributed by atoms with E-state index in [1.807, 2.05) is 0 Å². The molecule has 0 saturated carbocycles. The number of hydrogen-bond donors (Lipinski definition) is 2. The van der Waals surface area contributed by atoms with Crippen LogP contribution in [0.2, 0.25) is 0 Å². The van der Waals surface area contributed by atoms with Gasteiger partial charge < -0.3 is 10.8 Å². The minimum Gasteiger partial charge on any atom is -0.396 e. The van der Waals surface area contributed by atoms with Crippen LogP contribution < -0.4 is 5.73 Å². The number of benzene rings is 1. The lowest BCUT2D eigenvalue weighted by Gasteiger charge is -2.16. The lowest BCUT2D eigenvalue weighted by molar-refractivity contribution is 0.189. The second-order valence-corrected chi connectivity index (χ2v) is 6.02. The molecule has 2 rings (SSSR count). The SMILES string of the molecule is Nc1cc(S(=O)(=O)N2CC[C@@H](O)C2)c(F)cc1F. The molecule has 0 unspecified atom stereocenters. The molecular formula is C10H12F2N2O3S. The number of hydrogen-bond acceptors (Lipinski definition) is 4. The topological polar surface area (TPSA) is 83.6 Å². The summed E-state index contributed by atoms with van der Waals surface area (Å²) in [5, 5.41) is 9.29. The van der Waals surface area contributed by atoms with Gasteiger partial charge in [0.1, 0.15) is 16.5 Å². The van der Waals surface area contributed by atoms with Crippen LogP contribution in [-0.4, -0.2) is 37.0 Å². The van der Waals surface area contributed by atoms with Gasteiger partial charge in [0.15, 0.2) is 0 Å². The van der Waals surface area contributed by atoms with E-state index in [0.29, 0.717) is 6.07 Å². The van der Waals surface area contributed by atoms with Crippen molar-refractivity contribution in [2.45, 2.75) is 17.4 Å². The number of anilines is 1. The van der Waals surface area contributed by atoms with Gasteiger partial charge in [0.2, 0.25) is 10.0 Å². The maximum absolute atomic E-state index is 13.5. The Kier molecular flexibility index (Phi) is 3.26. The van der Waals surface area contributed by atoms with Gasteiger partial charge in [-0.05, 0) is 12.5 Å². The highest BCUT2D eigenvalue weighted by atomic mass is 32.2. The lowest BCUT2D eigenvalue weighted by atomic mass is 10.3. The molecule has 1 heterocycles. The zero-order valence-electron chi connectivity index (χ0n) is 9.31. The Morgan fingerprint density at radius 2 is 2.00 bits per heavy atom. The number of rotatable bonds is 2. The normalized spacial score (nSPS) is 21.4. The van der Waals surface area contributed by atoms with Crippen LogP contribution in [0.15, 0.2) is 17.0 Å². The predicted octanol–water partition coefficient (Wildman–Crippen LogP) is 0.302. The van der Waals surface area contributed by atoms with Crippen LogP contribution in [-0.2, 0) is 10.0 Å². The Hall–Kier alpha value is -1.25. The van der Waals surface area contributed by atoms with Gasteiger partial charge in [-0.1, -0.05) is 0 Å². The number of halogens is 2. The summed E-state index contributed by atoms with van der Waals surface area (Å²) in [5.41, 5.74) is 4.80. The van der Waals surface area contributed by atoms with E-state index in [9.17, 15) is 22.3 Å². The Labute approximate surface area is 103 Å². The number of sulfonamides is 1. The molecule has 1 saturated heterocycles. The summed E-state index contributed by atoms with van der Waals surface area (Å²) in [6.45, 7) is -0.000719. The summed E-state index contributed by atoms with van der Waals surface area (Å²) < 4.78 is 51.6. The van der Waals surface area contributed by atoms with E-state index in [1.165, 1.54) is 0 Å². The highest BCUT2D eigenvalue weighted by Crippen LogP contribution is 2.26. The zero-order chi connectivity index (χ0) is 13.5. The molecule has 1 aliphatic rings. The largest absolute Gasteiger partial charge is 0.396 e. The van der Waals surface area contributed by atoms with Gasteiger partial charge in [-0.2, -0.15) is 4.31 Å². The Balaban J connectivity index is 2.45. The maximum atomic E-state index is 13.5. The second-order valence-electron chi connectivity index (χ2n) is 4.11. The minimum atomic E-state index is -4.09. The molecule has 1 fully saturated rings. The van der Waals surface area contributed by atoms with Crippen molar-refractivity contribution in [3.8, 4) is 0 Å². The summed E-state index contributed by atoms with van der Waals surface area (Å²) in [6.07, 6.45) is -0.474. The third kappa shape index (κ3) is 2.18. The molecule has 1 aromatic rings. The Bertz CT molecular complexity index is 577. The number of aliphatic hydroxyl groups is 1. The van der Waals surface area contributed by atoms with Crippen molar-refractivity contribution in [2.24, 2.45) is 0 Å². The highest BCUT2D eigenvalue weighted by molar-refractivity contribution is 7.89. The first-order chi connectivity index (χ1) is 8.32. The molecule has 5 nitrogen and oxygen atoms in total. The van der Waals surface area contributed by atoms with Crippen LogP contribution in [0.1, 0.15) is 6.42 Å². The van der Waals surface area contributed by atoms with E-state index in [1.54, 1.807) is 0 Å². The van der Waals surface area contributed by atoms with Crippen LogP contribution in [0.4, 0.5) is 14.5 Å². The van der Waals surface area contributed by atoms with Crippen molar-refractivity contribution >= 4 is 15.7 Å². The van der Waals surface area contributed by atoms with Crippen LogP contribution in [0.5, 0.6) is 0 Å². The van der Waals surface area contributed by atoms with E-state index in [2.05, 4.69) is 0 Å². The number of nitrogens with two attached hydrogens (primary N) is 1. The first-order valence-corrected chi connectivity index (χ1v) is 6.69. The molecule has 0 radical (unpaired) electrons. The number of aliphatic hydroxyl groups excluding tert-OH is 1. The predicted molar refractivity (Wildman–Crippen MR) is 60.2 cm³/mol. The molecule has 1 aliphatic heterocycles. The van der Waals surface area contributed by atoms with E-state index in [-0.39, 0.29) is 19.5 Å². The molecule has 1 aromatic carbocycles. The monoisotopic (exact) mass is 278 g/mol. The van der Waals surface area contributed by atoms with Crippen molar-refractivity contribution < 1.29 is 22.3 Å². The second kappa shape index (κ2) is 4.45. The molecule has 100 valence electrons. The Morgan fingerprint density at radius 1 is 1.33 bits per heavy atom. The molecule has 0 aromatic heterocycles. The third-order valence-electron chi connectivity index (χ3n) is 2.80. The van der Waals surface area contributed by atoms with Crippen molar-refractivity contribution in [2.75, 3.05) is 18.8 Å². The standard InChI is InChI=1S/C10H12F2N2O3S/c11-7-3-8(12)10(4-9(7)13)18(16,17)14-2-1-6(15)5-14/h3-4,6,15H,1-2,5,13H2/t6-/m1/s1. The first-order valence-electron chi connectivity index (χ1n) is 5.25. The van der Waals surface area contributed by atoms with Gasteiger partial charge in [-0.25, -0.2) is 17.2 Å². The maximum Gasteiger partial charge on any atom is 0.246 e. The van der Waals surface area contributed by atoms with E-state index in [4.69, 9.17) is 5.73 Å². The highest BCUT2D eigenvalue weighted by Gasteiger charge is 2.33. The van der Waals surface area contributed by atoms with Crippen LogP contribution in [0.3, 0.4) is 0 Å². The zero-order valence-corrected chi connectivity index (χ0v) is 10.1. The van der Waals surface area contributed by atoms with Gasteiger partial charge >= 0.3 is 0 Å². The fourth-order valence-corrected chi connectivity index (χ4v) is 3.38. The van der Waals surface area contributed by atoms with Crippen molar-refractivity contribution in [3.05, 3.63) is 23.8 Å². The van der Waals surface area contributed by atoms with Gasteiger partial charge in [-0.3, -0.25) is 0 Å². The number of nitrogens with zero attached hydrogens (tertiary/aromatic N) is 1. The van der Waals surface area contributed by atoms with Crippen molar-refractivity contribution in [1.29, 1.82) is 0 Å². The van der Waals surface area contributed by atoms with Crippen LogP contribution in [0.25, 0.3) is 0 Å². The summed E-state index contributed by atoms with van der Waals surface area (Å²) in [7, 11) is -4.09. The molecule has 1 atom stereocenters. The smallest absolute Gasteiger partial charge is 0.246 e. The number of nitrogen functional groups attached to an aromatic ring is 1. The fraction of sp³-hybridized carbons (Fsp3) is 0.400. The van der Waals surface area contributed by atoms with Crippen LogP contribution >= 0.6 is 0 Å². The molecule has 0 spiro atoms. The molecule has 0 bridgehead atoms. The van der Waals surface area contributed by atoms with Crippen molar-refractivity contribution in [3.63, 3.8) is 0 Å². The lowest BCUT2D eigenvalue weighted by Crippen LogP contribution is -2.30. The fourth-order valence-electron chi connectivity index (χ4n) is 1.81. The molecule has 8 heteroatoms. The minimum absolute atomic E-state index is 0.0974. The molecule has 0 amide bonds. The molecule has 0 aliphatic carbocycles. The first kappa shape index (κ1) is 13.2. The van der Waals surface area contributed by atoms with E-state index < -0.39 is 38.3 Å². The van der Waals surface area contributed by atoms with Gasteiger partial charge in [0, 0.05) is 19.2 Å². The summed E-state index contributed by atoms with van der Waals surface area (Å²) in [4.78, 5) is -0.671. The van der Waals surface area contributed by atoms with Crippen LogP contribution in [0, 0.1) is 11.6 Å². The molecule has 3 N–H and O–H groups in total. The molecule has 18 heavy (non-hydrogen) atoms. The van der Waals surface area contributed by atoms with E-state index >= 15 is 0 Å². The van der Waals surface area contributed by atoms with Gasteiger partial charge in [0.25, 0.3) is 0 Å². The quantitative estimate of drug-likeness (QED) is 0.762.